The molecule has 4 N–H and O–H groups in total. The van der Waals surface area contributed by atoms with Crippen molar-refractivity contribution in [3.8, 4) is 0 Å². The average Bonchev–Trinajstić information content (AvgIpc) is 3.09. The Labute approximate surface area is 92.2 Å². The number of oxime groups is 1. The Morgan fingerprint density at radius 1 is 1.31 bits per heavy atom. The lowest BCUT2D eigenvalue weighted by Crippen LogP contribution is -2.20. The Kier molecular flexibility index (Phi) is 2.30. The van der Waals surface area contributed by atoms with E-state index in [1.54, 1.807) is 24.3 Å². The highest BCUT2D eigenvalue weighted by Crippen LogP contribution is 2.48. The summed E-state index contributed by atoms with van der Waals surface area (Å²) in [7, 11) is 0. The van der Waals surface area contributed by atoms with Gasteiger partial charge in [0.1, 0.15) is 0 Å². The summed E-state index contributed by atoms with van der Waals surface area (Å²) in [5.41, 5.74) is 6.06. The number of carboxylic acid groups (broad SMARTS) is 1. The molecular formula is C11H12N2O3. The zero-order chi connectivity index (χ0) is 11.8. The van der Waals surface area contributed by atoms with Crippen LogP contribution in [0.15, 0.2) is 29.4 Å². The van der Waals surface area contributed by atoms with Gasteiger partial charge in [-0.3, -0.25) is 4.79 Å². The molecule has 1 saturated carbocycles. The second-order valence-corrected chi connectivity index (χ2v) is 3.95. The summed E-state index contributed by atoms with van der Waals surface area (Å²) < 4.78 is 0. The Hall–Kier alpha value is -2.04. The van der Waals surface area contributed by atoms with Crippen LogP contribution in [0.4, 0.5) is 0 Å². The van der Waals surface area contributed by atoms with Crippen molar-refractivity contribution >= 4 is 11.8 Å². The van der Waals surface area contributed by atoms with Gasteiger partial charge in [-0.1, -0.05) is 29.4 Å². The van der Waals surface area contributed by atoms with Crippen LogP contribution < -0.4 is 5.73 Å². The highest BCUT2D eigenvalue weighted by atomic mass is 16.4. The summed E-state index contributed by atoms with van der Waals surface area (Å²) in [5.74, 6) is -0.768. The van der Waals surface area contributed by atoms with Crippen molar-refractivity contribution in [2.24, 2.45) is 10.9 Å². The molecule has 2 rings (SSSR count). The molecule has 5 nitrogen and oxygen atoms in total. The van der Waals surface area contributed by atoms with Gasteiger partial charge in [0.05, 0.1) is 5.41 Å². The zero-order valence-corrected chi connectivity index (χ0v) is 8.55. The lowest BCUT2D eigenvalue weighted by molar-refractivity contribution is -0.140. The van der Waals surface area contributed by atoms with E-state index in [-0.39, 0.29) is 5.84 Å². The molecule has 0 atom stereocenters. The Bertz CT molecular complexity index is 447. The molecule has 1 fully saturated rings. The van der Waals surface area contributed by atoms with E-state index in [4.69, 9.17) is 16.0 Å². The van der Waals surface area contributed by atoms with Crippen molar-refractivity contribution in [3.05, 3.63) is 35.4 Å². The second-order valence-electron chi connectivity index (χ2n) is 3.95. The van der Waals surface area contributed by atoms with E-state index in [9.17, 15) is 4.79 Å². The first-order chi connectivity index (χ1) is 7.60. The predicted molar refractivity (Wildman–Crippen MR) is 57.5 cm³/mol. The third kappa shape index (κ3) is 1.50. The summed E-state index contributed by atoms with van der Waals surface area (Å²) >= 11 is 0. The third-order valence-electron chi connectivity index (χ3n) is 3.00. The maximum Gasteiger partial charge on any atom is 0.314 e. The fraction of sp³-hybridized carbons (Fsp3) is 0.273. The van der Waals surface area contributed by atoms with Crippen LogP contribution in [0, 0.1) is 0 Å². The van der Waals surface area contributed by atoms with Crippen LogP contribution in [-0.4, -0.2) is 22.1 Å². The maximum absolute atomic E-state index is 11.1. The zero-order valence-electron chi connectivity index (χ0n) is 8.55. The van der Waals surface area contributed by atoms with Crippen molar-refractivity contribution in [1.82, 2.24) is 0 Å². The molecule has 0 unspecified atom stereocenters. The fourth-order valence-electron chi connectivity index (χ4n) is 1.77. The molecule has 84 valence electrons. The van der Waals surface area contributed by atoms with Gasteiger partial charge < -0.3 is 16.0 Å². The predicted octanol–water partition coefficient (Wildman–Crippen LogP) is 0.897. The first kappa shape index (κ1) is 10.5. The topological polar surface area (TPSA) is 95.9 Å². The highest BCUT2D eigenvalue weighted by molar-refractivity contribution is 5.97. The molecule has 0 heterocycles. The van der Waals surface area contributed by atoms with Gasteiger partial charge in [0, 0.05) is 5.56 Å². The van der Waals surface area contributed by atoms with E-state index in [0.717, 1.165) is 5.56 Å². The minimum atomic E-state index is -0.788. The normalized spacial score (nSPS) is 18.1. The molecule has 1 aliphatic rings. The van der Waals surface area contributed by atoms with Crippen molar-refractivity contribution in [1.29, 1.82) is 0 Å². The number of benzene rings is 1. The molecule has 0 radical (unpaired) electrons. The largest absolute Gasteiger partial charge is 0.481 e. The van der Waals surface area contributed by atoms with Gasteiger partial charge in [-0.05, 0) is 18.4 Å². The smallest absolute Gasteiger partial charge is 0.314 e. The monoisotopic (exact) mass is 220 g/mol. The molecule has 0 amide bonds. The lowest BCUT2D eigenvalue weighted by atomic mass is 9.95. The summed E-state index contributed by atoms with van der Waals surface area (Å²) in [5, 5.41) is 20.5. The number of hydrogen-bond donors (Lipinski definition) is 3. The van der Waals surface area contributed by atoms with Crippen molar-refractivity contribution in [2.75, 3.05) is 0 Å². The summed E-state index contributed by atoms with van der Waals surface area (Å²) in [6.07, 6.45) is 1.34. The molecule has 1 aromatic rings. The van der Waals surface area contributed by atoms with Gasteiger partial charge in [-0.2, -0.15) is 0 Å². The van der Waals surface area contributed by atoms with Crippen LogP contribution in [0.2, 0.25) is 0 Å². The van der Waals surface area contributed by atoms with Crippen LogP contribution >= 0.6 is 0 Å². The number of hydrogen-bond acceptors (Lipinski definition) is 3. The van der Waals surface area contributed by atoms with Gasteiger partial charge in [0.2, 0.25) is 0 Å². The van der Waals surface area contributed by atoms with Gasteiger partial charge >= 0.3 is 5.97 Å². The quantitative estimate of drug-likeness (QED) is 0.305. The van der Waals surface area contributed by atoms with Gasteiger partial charge in [0.15, 0.2) is 5.84 Å². The van der Waals surface area contributed by atoms with Crippen LogP contribution in [0.1, 0.15) is 24.0 Å². The summed E-state index contributed by atoms with van der Waals surface area (Å²) in [6, 6.07) is 6.75. The fourth-order valence-corrected chi connectivity index (χ4v) is 1.77. The van der Waals surface area contributed by atoms with Crippen LogP contribution in [0.5, 0.6) is 0 Å². The molecule has 5 heteroatoms. The van der Waals surface area contributed by atoms with E-state index in [1.807, 2.05) is 0 Å². The van der Waals surface area contributed by atoms with Crippen molar-refractivity contribution in [3.63, 3.8) is 0 Å². The molecule has 0 aromatic heterocycles. The third-order valence-corrected chi connectivity index (χ3v) is 3.00. The average molecular weight is 220 g/mol. The minimum Gasteiger partial charge on any atom is -0.481 e. The molecule has 16 heavy (non-hydrogen) atoms. The number of carbonyl (C=O) groups is 1. The standard InChI is InChI=1S/C11H12N2O3/c12-9(13-16)7-1-3-8(4-2-7)11(5-6-11)10(14)15/h1-4,16H,5-6H2,(H2,12,13)(H,14,15). The van der Waals surface area contributed by atoms with Gasteiger partial charge in [0.25, 0.3) is 0 Å². The van der Waals surface area contributed by atoms with Crippen LogP contribution in [-0.2, 0) is 10.2 Å². The molecule has 0 aliphatic heterocycles. The number of nitrogens with two attached hydrogens (primary N) is 1. The second kappa shape index (κ2) is 3.52. The van der Waals surface area contributed by atoms with Crippen molar-refractivity contribution < 1.29 is 15.1 Å². The first-order valence-corrected chi connectivity index (χ1v) is 4.92. The van der Waals surface area contributed by atoms with E-state index >= 15 is 0 Å². The van der Waals surface area contributed by atoms with Gasteiger partial charge in [-0.15, -0.1) is 0 Å². The SMILES string of the molecule is N/C(=N/O)c1ccc(C2(C(=O)O)CC2)cc1. The van der Waals surface area contributed by atoms with Gasteiger partial charge in [-0.25, -0.2) is 0 Å². The number of nitrogens with zero attached hydrogens (tertiary/aromatic N) is 1. The van der Waals surface area contributed by atoms with E-state index < -0.39 is 11.4 Å². The molecule has 0 saturated heterocycles. The Morgan fingerprint density at radius 3 is 2.25 bits per heavy atom. The maximum atomic E-state index is 11.1. The highest BCUT2D eigenvalue weighted by Gasteiger charge is 2.51. The van der Waals surface area contributed by atoms with Crippen LogP contribution in [0.3, 0.4) is 0 Å². The van der Waals surface area contributed by atoms with E-state index in [0.29, 0.717) is 18.4 Å². The first-order valence-electron chi connectivity index (χ1n) is 4.92. The number of aliphatic carboxylic acids is 1. The Balaban J connectivity index is 2.30. The molecule has 1 aromatic carbocycles. The van der Waals surface area contributed by atoms with E-state index in [1.165, 1.54) is 0 Å². The van der Waals surface area contributed by atoms with Crippen molar-refractivity contribution in [2.45, 2.75) is 18.3 Å². The minimum absolute atomic E-state index is 0.0201. The number of carboxylic acids is 1. The summed E-state index contributed by atoms with van der Waals surface area (Å²) in [6.45, 7) is 0. The molecular weight excluding hydrogens is 208 g/mol. The summed E-state index contributed by atoms with van der Waals surface area (Å²) in [4.78, 5) is 11.1. The molecule has 0 bridgehead atoms. The molecule has 0 spiro atoms. The van der Waals surface area contributed by atoms with Crippen LogP contribution in [0.25, 0.3) is 0 Å². The van der Waals surface area contributed by atoms with E-state index in [2.05, 4.69) is 5.16 Å². The number of amidine groups is 1. The lowest BCUT2D eigenvalue weighted by Gasteiger charge is -2.10. The number of rotatable bonds is 3. The Morgan fingerprint density at radius 2 is 1.88 bits per heavy atom. The molecule has 1 aliphatic carbocycles.